The summed E-state index contributed by atoms with van der Waals surface area (Å²) in [5.41, 5.74) is 5.59. The van der Waals surface area contributed by atoms with Crippen LogP contribution in [0.3, 0.4) is 0 Å². The van der Waals surface area contributed by atoms with Crippen molar-refractivity contribution in [2.24, 2.45) is 0 Å². The van der Waals surface area contributed by atoms with Crippen molar-refractivity contribution in [1.82, 2.24) is 0 Å². The summed E-state index contributed by atoms with van der Waals surface area (Å²) in [6.45, 7) is 4.17. The van der Waals surface area contributed by atoms with Gasteiger partial charge < -0.3 is 52.5 Å². The van der Waals surface area contributed by atoms with Crippen molar-refractivity contribution in [3.63, 3.8) is 0 Å². The van der Waals surface area contributed by atoms with Crippen LogP contribution >= 0.6 is 11.8 Å². The van der Waals surface area contributed by atoms with Crippen molar-refractivity contribution in [3.8, 4) is 0 Å². The van der Waals surface area contributed by atoms with E-state index in [1.165, 1.54) is 0 Å². The Hall–Kier alpha value is -3.99. The average molecular weight is 879 g/mol. The molecule has 0 spiro atoms. The van der Waals surface area contributed by atoms with Gasteiger partial charge in [0.05, 0.1) is 46.2 Å². The second-order valence-electron chi connectivity index (χ2n) is 15.8. The van der Waals surface area contributed by atoms with Gasteiger partial charge in [0.15, 0.2) is 12.6 Å². The highest BCUT2D eigenvalue weighted by atomic mass is 32.2. The number of methoxy groups -OCH3 is 1. The molecule has 3 aliphatic heterocycles. The van der Waals surface area contributed by atoms with Crippen molar-refractivity contribution in [1.29, 1.82) is 0 Å². The molecular weight excluding hydrogens is 821 g/mol. The summed E-state index contributed by atoms with van der Waals surface area (Å²) in [6.07, 6.45) is -6.22. The molecule has 1 N–H and O–H groups in total. The zero-order valence-electron chi connectivity index (χ0n) is 35.8. The first-order valence-electron chi connectivity index (χ1n) is 21.8. The maximum atomic E-state index is 11.7. The lowest BCUT2D eigenvalue weighted by Crippen LogP contribution is -2.62. The number of rotatable bonds is 20. The number of hydrogen-bond acceptors (Lipinski definition) is 12. The first kappa shape index (κ1) is 45.6. The number of benzene rings is 5. The highest BCUT2D eigenvalue weighted by Crippen LogP contribution is 2.40. The second-order valence-corrected chi connectivity index (χ2v) is 17.2. The maximum absolute atomic E-state index is 11.7. The van der Waals surface area contributed by atoms with Crippen molar-refractivity contribution in [3.05, 3.63) is 179 Å². The van der Waals surface area contributed by atoms with Crippen molar-refractivity contribution in [2.75, 3.05) is 26.1 Å². The normalized spacial score (nSPS) is 28.3. The van der Waals surface area contributed by atoms with E-state index in [-0.39, 0.29) is 31.4 Å². The molecule has 12 heteroatoms. The van der Waals surface area contributed by atoms with Gasteiger partial charge in [-0.3, -0.25) is 0 Å². The van der Waals surface area contributed by atoms with E-state index in [0.717, 1.165) is 39.1 Å². The van der Waals surface area contributed by atoms with Crippen LogP contribution in [0.15, 0.2) is 146 Å². The fourth-order valence-electron chi connectivity index (χ4n) is 8.17. The zero-order chi connectivity index (χ0) is 43.2. The van der Waals surface area contributed by atoms with E-state index in [0.29, 0.717) is 26.4 Å². The van der Waals surface area contributed by atoms with Crippen molar-refractivity contribution < 1.29 is 52.5 Å². The molecule has 3 saturated heterocycles. The molecule has 1 unspecified atom stereocenters. The largest absolute Gasteiger partial charge is 0.387 e. The van der Waals surface area contributed by atoms with Crippen LogP contribution in [-0.4, -0.2) is 91.7 Å². The Morgan fingerprint density at radius 2 is 1.10 bits per heavy atom. The van der Waals surface area contributed by atoms with Gasteiger partial charge in [-0.05, 0) is 33.6 Å². The van der Waals surface area contributed by atoms with Gasteiger partial charge in [-0.2, -0.15) is 0 Å². The predicted molar refractivity (Wildman–Crippen MR) is 238 cm³/mol. The molecule has 0 aliphatic carbocycles. The van der Waals surface area contributed by atoms with Crippen molar-refractivity contribution in [2.45, 2.75) is 107 Å². The van der Waals surface area contributed by atoms with Crippen LogP contribution in [-0.2, 0) is 80.4 Å². The van der Waals surface area contributed by atoms with Gasteiger partial charge in [-0.15, -0.1) is 11.8 Å². The number of ether oxygens (including phenoxy) is 10. The van der Waals surface area contributed by atoms with Crippen LogP contribution in [0.25, 0.3) is 0 Å². The number of aliphatic hydroxyl groups is 1. The van der Waals surface area contributed by atoms with E-state index >= 15 is 0 Å². The highest BCUT2D eigenvalue weighted by molar-refractivity contribution is 7.99. The molecule has 0 aromatic heterocycles. The van der Waals surface area contributed by atoms with Gasteiger partial charge in [0.2, 0.25) is 0 Å². The SMILES string of the molecule is CCS[C@@H]1O[C@@H]2COC(c3ccccc3)O[C@H]2[C@H](OCc2cccc(COC[C@H]3O[C@H](OC)[C@H](OCc4ccccc4)[C@@H](OCc4ccccc4)[C@@H]3O)c2)[C@H]1OCc1ccccc1. The van der Waals surface area contributed by atoms with Crippen LogP contribution in [0.1, 0.15) is 46.6 Å². The Morgan fingerprint density at radius 1 is 0.571 bits per heavy atom. The highest BCUT2D eigenvalue weighted by Gasteiger charge is 2.51. The molecule has 11 nitrogen and oxygen atoms in total. The summed E-state index contributed by atoms with van der Waals surface area (Å²) in [7, 11) is 1.57. The molecule has 3 heterocycles. The molecule has 0 saturated carbocycles. The number of fused-ring (bicyclic) bond motifs is 1. The molecule has 0 bridgehead atoms. The van der Waals surface area contributed by atoms with Gasteiger partial charge in [-0.25, -0.2) is 0 Å². The quantitative estimate of drug-likeness (QED) is 0.0815. The Labute approximate surface area is 374 Å². The third-order valence-electron chi connectivity index (χ3n) is 11.4. The van der Waals surface area contributed by atoms with Gasteiger partial charge >= 0.3 is 0 Å². The Balaban J connectivity index is 0.931. The van der Waals surface area contributed by atoms with Crippen LogP contribution in [0.5, 0.6) is 0 Å². The smallest absolute Gasteiger partial charge is 0.186 e. The van der Waals surface area contributed by atoms with E-state index in [1.807, 2.05) is 127 Å². The lowest BCUT2D eigenvalue weighted by Gasteiger charge is -2.49. The van der Waals surface area contributed by atoms with E-state index in [1.54, 1.807) is 18.9 Å². The van der Waals surface area contributed by atoms with E-state index in [4.69, 9.17) is 47.4 Å². The Bertz CT molecular complexity index is 2070. The van der Waals surface area contributed by atoms with Crippen LogP contribution < -0.4 is 0 Å². The minimum absolute atomic E-state index is 0.0996. The summed E-state index contributed by atoms with van der Waals surface area (Å²) in [6, 6.07) is 47.9. The molecule has 8 rings (SSSR count). The Morgan fingerprint density at radius 3 is 1.70 bits per heavy atom. The third kappa shape index (κ3) is 12.2. The number of aliphatic hydroxyl groups excluding tert-OH is 1. The van der Waals surface area contributed by atoms with Crippen molar-refractivity contribution >= 4 is 11.8 Å². The molecule has 3 aliphatic rings. The molecule has 11 atom stereocenters. The predicted octanol–water partition coefficient (Wildman–Crippen LogP) is 8.17. The minimum Gasteiger partial charge on any atom is -0.387 e. The first-order chi connectivity index (χ1) is 31.1. The fraction of sp³-hybridized carbons (Fsp3) is 0.412. The lowest BCUT2D eigenvalue weighted by molar-refractivity contribution is -0.329. The molecule has 0 radical (unpaired) electrons. The summed E-state index contributed by atoms with van der Waals surface area (Å²) in [4.78, 5) is 0. The molecule has 5 aromatic carbocycles. The Kier molecular flexibility index (Phi) is 16.8. The van der Waals surface area contributed by atoms with Crippen LogP contribution in [0.2, 0.25) is 0 Å². The summed E-state index contributed by atoms with van der Waals surface area (Å²) < 4.78 is 64.2. The molecule has 0 amide bonds. The van der Waals surface area contributed by atoms with E-state index < -0.39 is 55.3 Å². The topological polar surface area (TPSA) is 113 Å². The van der Waals surface area contributed by atoms with Gasteiger partial charge in [0, 0.05) is 12.7 Å². The monoisotopic (exact) mass is 878 g/mol. The molecule has 334 valence electrons. The number of thioether (sulfide) groups is 1. The minimum atomic E-state index is -1.05. The number of hydrogen-bond donors (Lipinski definition) is 1. The third-order valence-corrected chi connectivity index (χ3v) is 12.4. The molecule has 5 aromatic rings. The molecular formula is C51H58O11S. The summed E-state index contributed by atoms with van der Waals surface area (Å²) in [5, 5.41) is 11.7. The van der Waals surface area contributed by atoms with E-state index in [2.05, 4.69) is 25.1 Å². The first-order valence-corrected chi connectivity index (χ1v) is 22.8. The van der Waals surface area contributed by atoms with Gasteiger partial charge in [0.1, 0.15) is 54.3 Å². The lowest BCUT2D eigenvalue weighted by atomic mass is 9.98. The standard InChI is InChI=1S/C51H58O11S/c1-3-63-51-48(58-31-37-21-12-6-13-22-37)46(44-42(61-51)34-59-49(62-44)40-25-14-7-15-26-40)56-32-39-24-16-23-38(27-39)28-54-33-41-43(52)45(55-29-35-17-8-4-9-18-35)47(50(53-2)60-41)57-30-36-19-10-5-11-20-36/h4-27,41-52H,3,28-34H2,1-2H3/t41-,42-,43-,44-,45+,46+,47-,48-,49?,50+,51+/m1/s1. The van der Waals surface area contributed by atoms with Crippen LogP contribution in [0.4, 0.5) is 0 Å². The summed E-state index contributed by atoms with van der Waals surface area (Å²) in [5.74, 6) is 0.843. The fourth-order valence-corrected chi connectivity index (χ4v) is 9.14. The summed E-state index contributed by atoms with van der Waals surface area (Å²) >= 11 is 1.70. The molecule has 63 heavy (non-hydrogen) atoms. The van der Waals surface area contributed by atoms with Gasteiger partial charge in [0.25, 0.3) is 0 Å². The average Bonchev–Trinajstić information content (AvgIpc) is 3.33. The van der Waals surface area contributed by atoms with E-state index in [9.17, 15) is 5.11 Å². The zero-order valence-corrected chi connectivity index (χ0v) is 36.6. The second kappa shape index (κ2) is 23.3. The van der Waals surface area contributed by atoms with Gasteiger partial charge in [-0.1, -0.05) is 153 Å². The maximum Gasteiger partial charge on any atom is 0.186 e. The molecule has 3 fully saturated rings. The van der Waals surface area contributed by atoms with Crippen LogP contribution in [0, 0.1) is 0 Å².